The van der Waals surface area contributed by atoms with E-state index in [2.05, 4.69) is 45.6 Å². The molecule has 2 heterocycles. The Bertz CT molecular complexity index is 742. The first-order chi connectivity index (χ1) is 12.6. The molecule has 2 aromatic rings. The molecule has 0 saturated carbocycles. The minimum absolute atomic E-state index is 0.205. The summed E-state index contributed by atoms with van der Waals surface area (Å²) in [6.45, 7) is 8.86. The summed E-state index contributed by atoms with van der Waals surface area (Å²) in [6, 6.07) is 9.51. The number of nitrogens with zero attached hydrogens (tertiary/aromatic N) is 3. The predicted molar refractivity (Wildman–Crippen MR) is 101 cm³/mol. The lowest BCUT2D eigenvalue weighted by Gasteiger charge is -2.26. The Kier molecular flexibility index (Phi) is 6.14. The highest BCUT2D eigenvalue weighted by Crippen LogP contribution is 2.21. The molecule has 1 aromatic carbocycles. The van der Waals surface area contributed by atoms with Crippen molar-refractivity contribution in [3.05, 3.63) is 47.2 Å². The third-order valence-electron chi connectivity index (χ3n) is 4.58. The second-order valence-electron chi connectivity index (χ2n) is 6.39. The summed E-state index contributed by atoms with van der Waals surface area (Å²) in [5.41, 5.74) is 3.68. The fourth-order valence-corrected chi connectivity index (χ4v) is 2.79. The van der Waals surface area contributed by atoms with Crippen LogP contribution < -0.4 is 10.6 Å². The van der Waals surface area contributed by atoms with E-state index in [0.717, 1.165) is 38.5 Å². The molecule has 26 heavy (non-hydrogen) atoms. The Labute approximate surface area is 153 Å². The molecule has 0 radical (unpaired) electrons. The smallest absolute Gasteiger partial charge is 0.271 e. The number of ether oxygens (including phenoxy) is 1. The van der Waals surface area contributed by atoms with E-state index in [4.69, 9.17) is 4.74 Å². The number of rotatable bonds is 6. The number of anilines is 2. The Balaban J connectivity index is 1.51. The molecule has 7 nitrogen and oxygen atoms in total. The predicted octanol–water partition coefficient (Wildman–Crippen LogP) is 1.90. The quantitative estimate of drug-likeness (QED) is 0.824. The van der Waals surface area contributed by atoms with Crippen LogP contribution in [0.15, 0.2) is 30.3 Å². The van der Waals surface area contributed by atoms with Crippen molar-refractivity contribution in [2.75, 3.05) is 44.7 Å². The Morgan fingerprint density at radius 2 is 1.96 bits per heavy atom. The highest BCUT2D eigenvalue weighted by molar-refractivity contribution is 5.92. The summed E-state index contributed by atoms with van der Waals surface area (Å²) in [6.07, 6.45) is 0. The van der Waals surface area contributed by atoms with Gasteiger partial charge in [-0.15, -0.1) is 10.2 Å². The number of carbonyl (C=O) groups excluding carboxylic acids is 1. The van der Waals surface area contributed by atoms with E-state index in [-0.39, 0.29) is 5.91 Å². The van der Waals surface area contributed by atoms with Crippen LogP contribution >= 0.6 is 0 Å². The number of hydrogen-bond acceptors (Lipinski definition) is 6. The summed E-state index contributed by atoms with van der Waals surface area (Å²) in [5.74, 6) is 0.410. The third-order valence-corrected chi connectivity index (χ3v) is 4.58. The number of aryl methyl sites for hydroxylation is 1. The average Bonchev–Trinajstić information content (AvgIpc) is 2.67. The lowest BCUT2D eigenvalue weighted by atomic mass is 10.1. The van der Waals surface area contributed by atoms with E-state index in [1.165, 1.54) is 11.1 Å². The van der Waals surface area contributed by atoms with Crippen LogP contribution in [0.1, 0.15) is 21.6 Å². The number of benzene rings is 1. The van der Waals surface area contributed by atoms with Gasteiger partial charge in [0.15, 0.2) is 11.5 Å². The second-order valence-corrected chi connectivity index (χ2v) is 6.39. The van der Waals surface area contributed by atoms with Gasteiger partial charge in [0.1, 0.15) is 0 Å². The maximum absolute atomic E-state index is 12.2. The zero-order chi connectivity index (χ0) is 18.4. The first-order valence-corrected chi connectivity index (χ1v) is 8.89. The van der Waals surface area contributed by atoms with Gasteiger partial charge in [0.25, 0.3) is 5.91 Å². The van der Waals surface area contributed by atoms with Gasteiger partial charge in [-0.05, 0) is 43.2 Å². The minimum Gasteiger partial charge on any atom is -0.379 e. The fraction of sp³-hybridized carbons (Fsp3) is 0.421. The molecule has 1 fully saturated rings. The summed E-state index contributed by atoms with van der Waals surface area (Å²) in [7, 11) is 0. The molecule has 1 aromatic heterocycles. The summed E-state index contributed by atoms with van der Waals surface area (Å²) < 4.78 is 5.31. The normalized spacial score (nSPS) is 14.8. The van der Waals surface area contributed by atoms with Gasteiger partial charge in [-0.25, -0.2) is 0 Å². The van der Waals surface area contributed by atoms with Crippen LogP contribution in [0, 0.1) is 13.8 Å². The van der Waals surface area contributed by atoms with E-state index < -0.39 is 0 Å². The summed E-state index contributed by atoms with van der Waals surface area (Å²) >= 11 is 0. The van der Waals surface area contributed by atoms with Crippen molar-refractivity contribution in [3.63, 3.8) is 0 Å². The number of amides is 1. The zero-order valence-corrected chi connectivity index (χ0v) is 15.3. The van der Waals surface area contributed by atoms with Crippen LogP contribution in [0.3, 0.4) is 0 Å². The van der Waals surface area contributed by atoms with Crippen molar-refractivity contribution in [3.8, 4) is 0 Å². The van der Waals surface area contributed by atoms with Gasteiger partial charge in [0.05, 0.1) is 13.2 Å². The molecule has 138 valence electrons. The maximum atomic E-state index is 12.2. The summed E-state index contributed by atoms with van der Waals surface area (Å²) in [5, 5.41) is 14.3. The molecular formula is C19H25N5O2. The molecule has 0 spiro atoms. The Morgan fingerprint density at radius 3 is 2.69 bits per heavy atom. The first kappa shape index (κ1) is 18.3. The molecule has 0 bridgehead atoms. The minimum atomic E-state index is -0.205. The number of nitrogens with one attached hydrogen (secondary N) is 2. The standard InChI is InChI=1S/C19H25N5O2/c1-14-4-3-5-16(15(14)2)21-18-7-6-17(22-23-18)19(25)20-8-9-24-10-12-26-13-11-24/h3-7H,8-13H2,1-2H3,(H,20,25)(H,21,23). The van der Waals surface area contributed by atoms with Crippen molar-refractivity contribution < 1.29 is 9.53 Å². The van der Waals surface area contributed by atoms with E-state index in [1.54, 1.807) is 12.1 Å². The topological polar surface area (TPSA) is 79.4 Å². The van der Waals surface area contributed by atoms with Gasteiger partial charge < -0.3 is 15.4 Å². The third kappa shape index (κ3) is 4.77. The highest BCUT2D eigenvalue weighted by atomic mass is 16.5. The van der Waals surface area contributed by atoms with Crippen LogP contribution in [0.4, 0.5) is 11.5 Å². The van der Waals surface area contributed by atoms with Crippen molar-refractivity contribution >= 4 is 17.4 Å². The largest absolute Gasteiger partial charge is 0.379 e. The lowest BCUT2D eigenvalue weighted by molar-refractivity contribution is 0.0383. The van der Waals surface area contributed by atoms with Gasteiger partial charge in [-0.2, -0.15) is 0 Å². The molecule has 0 aliphatic carbocycles. The average molecular weight is 355 g/mol. The van der Waals surface area contributed by atoms with Crippen LogP contribution in [-0.2, 0) is 4.74 Å². The summed E-state index contributed by atoms with van der Waals surface area (Å²) in [4.78, 5) is 14.4. The molecule has 3 rings (SSSR count). The van der Waals surface area contributed by atoms with E-state index >= 15 is 0 Å². The van der Waals surface area contributed by atoms with Gasteiger partial charge in [0.2, 0.25) is 0 Å². The fourth-order valence-electron chi connectivity index (χ4n) is 2.79. The van der Waals surface area contributed by atoms with Crippen molar-refractivity contribution in [1.82, 2.24) is 20.4 Å². The monoisotopic (exact) mass is 355 g/mol. The highest BCUT2D eigenvalue weighted by Gasteiger charge is 2.12. The molecule has 2 N–H and O–H groups in total. The van der Waals surface area contributed by atoms with Gasteiger partial charge in [0, 0.05) is 31.9 Å². The van der Waals surface area contributed by atoms with Crippen LogP contribution in [0.2, 0.25) is 0 Å². The second kappa shape index (κ2) is 8.73. The first-order valence-electron chi connectivity index (χ1n) is 8.89. The lowest BCUT2D eigenvalue weighted by Crippen LogP contribution is -2.41. The number of morpholine rings is 1. The van der Waals surface area contributed by atoms with Gasteiger partial charge in [-0.1, -0.05) is 12.1 Å². The van der Waals surface area contributed by atoms with Crippen molar-refractivity contribution in [2.45, 2.75) is 13.8 Å². The van der Waals surface area contributed by atoms with E-state index in [9.17, 15) is 4.79 Å². The zero-order valence-electron chi connectivity index (χ0n) is 15.3. The molecule has 1 saturated heterocycles. The molecule has 7 heteroatoms. The molecule has 0 atom stereocenters. The van der Waals surface area contributed by atoms with E-state index in [0.29, 0.717) is 18.1 Å². The molecule has 0 unspecified atom stereocenters. The number of hydrogen-bond donors (Lipinski definition) is 2. The van der Waals surface area contributed by atoms with Gasteiger partial charge >= 0.3 is 0 Å². The Morgan fingerprint density at radius 1 is 1.15 bits per heavy atom. The Hall–Kier alpha value is -2.51. The van der Waals surface area contributed by atoms with Crippen LogP contribution in [-0.4, -0.2) is 60.4 Å². The number of aromatic nitrogens is 2. The van der Waals surface area contributed by atoms with E-state index in [1.807, 2.05) is 12.1 Å². The maximum Gasteiger partial charge on any atom is 0.271 e. The number of carbonyl (C=O) groups is 1. The molecule has 1 aliphatic heterocycles. The molecule has 1 aliphatic rings. The molecule has 1 amide bonds. The van der Waals surface area contributed by atoms with Crippen molar-refractivity contribution in [2.24, 2.45) is 0 Å². The molecular weight excluding hydrogens is 330 g/mol. The van der Waals surface area contributed by atoms with Crippen LogP contribution in [0.25, 0.3) is 0 Å². The SMILES string of the molecule is Cc1cccc(Nc2ccc(C(=O)NCCN3CCOCC3)nn2)c1C. The van der Waals surface area contributed by atoms with Crippen molar-refractivity contribution in [1.29, 1.82) is 0 Å². The van der Waals surface area contributed by atoms with Gasteiger partial charge in [-0.3, -0.25) is 9.69 Å². The van der Waals surface area contributed by atoms with Crippen LogP contribution in [0.5, 0.6) is 0 Å².